The molecule has 0 radical (unpaired) electrons. The minimum absolute atomic E-state index is 0.0697. The number of anilines is 2. The lowest BCUT2D eigenvalue weighted by molar-refractivity contribution is -0.130. The fourth-order valence-electron chi connectivity index (χ4n) is 6.26. The van der Waals surface area contributed by atoms with Gasteiger partial charge in [-0.3, -0.25) is 19.4 Å². The smallest absolute Gasteiger partial charge is 0.258 e. The Balaban J connectivity index is 1.13. The number of nitrogens with one attached hydrogen (secondary N) is 4. The minimum Gasteiger partial charge on any atom is -0.497 e. The molecule has 5 atom stereocenters. The van der Waals surface area contributed by atoms with Crippen LogP contribution in [-0.2, 0) is 9.59 Å². The van der Waals surface area contributed by atoms with Gasteiger partial charge in [0.25, 0.3) is 11.8 Å². The largest absolute Gasteiger partial charge is 0.497 e. The van der Waals surface area contributed by atoms with Gasteiger partial charge in [0.2, 0.25) is 5.91 Å². The number of methoxy groups -OCH3 is 1. The number of benzene rings is 3. The van der Waals surface area contributed by atoms with Crippen LogP contribution in [0.5, 0.6) is 5.75 Å². The molecule has 6 rings (SSSR count). The molecule has 252 valence electrons. The maximum absolute atomic E-state index is 13.3. The Morgan fingerprint density at radius 3 is 2.54 bits per heavy atom. The van der Waals surface area contributed by atoms with Crippen molar-refractivity contribution in [1.82, 2.24) is 21.5 Å². The molecule has 3 aliphatic heterocycles. The predicted molar refractivity (Wildman–Crippen MR) is 181 cm³/mol. The average Bonchev–Trinajstić information content (AvgIpc) is 3.51. The number of ether oxygens (including phenoxy) is 1. The maximum atomic E-state index is 13.3. The Labute approximate surface area is 282 Å². The summed E-state index contributed by atoms with van der Waals surface area (Å²) in [6.45, 7) is 3.65. The zero-order valence-corrected chi connectivity index (χ0v) is 27.5. The predicted octanol–water partition coefficient (Wildman–Crippen LogP) is 1.55. The first kappa shape index (κ1) is 33.4. The molecule has 13 nitrogen and oxygen atoms in total. The van der Waals surface area contributed by atoms with E-state index < -0.39 is 29.6 Å². The number of rotatable bonds is 9. The first-order valence-corrected chi connectivity index (χ1v) is 16.0. The van der Waals surface area contributed by atoms with Crippen LogP contribution in [0.25, 0.3) is 0 Å². The number of hydrogen-bond acceptors (Lipinski definition) is 10. The van der Waals surface area contributed by atoms with E-state index in [1.54, 1.807) is 37.4 Å². The molecule has 5 unspecified atom stereocenters. The van der Waals surface area contributed by atoms with E-state index in [2.05, 4.69) is 26.4 Å². The summed E-state index contributed by atoms with van der Waals surface area (Å²) >= 11 is 6.20. The highest BCUT2D eigenvalue weighted by Crippen LogP contribution is 2.36. The third-order valence-electron chi connectivity index (χ3n) is 8.79. The van der Waals surface area contributed by atoms with Gasteiger partial charge in [-0.1, -0.05) is 29.8 Å². The zero-order chi connectivity index (χ0) is 34.2. The van der Waals surface area contributed by atoms with Gasteiger partial charge < -0.3 is 35.4 Å². The first-order valence-electron chi connectivity index (χ1n) is 15.6. The second-order valence-electron chi connectivity index (χ2n) is 12.3. The van der Waals surface area contributed by atoms with Crippen molar-refractivity contribution in [3.05, 3.63) is 88.4 Å². The second-order valence-corrected chi connectivity index (χ2v) is 12.7. The second kappa shape index (κ2) is 13.5. The van der Waals surface area contributed by atoms with Crippen LogP contribution in [0.15, 0.2) is 71.7 Å². The number of carbonyl (C=O) groups is 3. The van der Waals surface area contributed by atoms with Gasteiger partial charge in [-0.05, 0) is 62.4 Å². The highest BCUT2D eigenvalue weighted by molar-refractivity contribution is 6.30. The average molecular weight is 676 g/mol. The molecule has 3 aromatic carbocycles. The van der Waals surface area contributed by atoms with Gasteiger partial charge in [0.15, 0.2) is 6.10 Å². The van der Waals surface area contributed by atoms with E-state index in [4.69, 9.17) is 21.3 Å². The molecular weight excluding hydrogens is 638 g/mol. The van der Waals surface area contributed by atoms with Gasteiger partial charge in [0, 0.05) is 46.2 Å². The molecule has 14 heteroatoms. The van der Waals surface area contributed by atoms with Gasteiger partial charge in [0.05, 0.1) is 38.0 Å². The summed E-state index contributed by atoms with van der Waals surface area (Å²) in [5.74, 6) is -0.590. The third kappa shape index (κ3) is 6.60. The van der Waals surface area contributed by atoms with Crippen LogP contribution >= 0.6 is 11.6 Å². The third-order valence-corrected chi connectivity index (χ3v) is 9.04. The van der Waals surface area contributed by atoms with Crippen molar-refractivity contribution < 1.29 is 29.3 Å². The lowest BCUT2D eigenvalue weighted by Gasteiger charge is -2.31. The SMILES string of the molecule is COc1ccc2c(c1)C(c1ccc(Cl)cc1)=NC(CC(=O)NCCNC(=O)c1cccc(N3CC(C)(O)C(O)C3=O)c1)C1NNC(C)N21. The number of nitrogens with zero attached hydrogens (tertiary/aromatic N) is 3. The highest BCUT2D eigenvalue weighted by Gasteiger charge is 2.48. The summed E-state index contributed by atoms with van der Waals surface area (Å²) in [7, 11) is 1.61. The Hall–Kier alpha value is -4.53. The number of halogens is 1. The molecule has 0 aromatic heterocycles. The molecule has 6 N–H and O–H groups in total. The molecule has 3 heterocycles. The van der Waals surface area contributed by atoms with E-state index in [0.29, 0.717) is 27.7 Å². The Bertz CT molecular complexity index is 1750. The quantitative estimate of drug-likeness (QED) is 0.185. The van der Waals surface area contributed by atoms with Gasteiger partial charge in [-0.25, -0.2) is 10.9 Å². The molecule has 0 saturated carbocycles. The summed E-state index contributed by atoms with van der Waals surface area (Å²) in [5.41, 5.74) is 9.03. The number of aliphatic hydroxyl groups excluding tert-OH is 1. The van der Waals surface area contributed by atoms with Gasteiger partial charge in [-0.2, -0.15) is 0 Å². The Kier molecular flexibility index (Phi) is 9.41. The van der Waals surface area contributed by atoms with Crippen LogP contribution in [0, 0.1) is 0 Å². The molecule has 48 heavy (non-hydrogen) atoms. The van der Waals surface area contributed by atoms with Crippen LogP contribution in [0.1, 0.15) is 41.8 Å². The normalized spacial score (nSPS) is 24.8. The van der Waals surface area contributed by atoms with Crippen LogP contribution < -0.4 is 36.0 Å². The van der Waals surface area contributed by atoms with Crippen molar-refractivity contribution >= 4 is 46.4 Å². The molecule has 0 aliphatic carbocycles. The van der Waals surface area contributed by atoms with Gasteiger partial charge in [0.1, 0.15) is 17.5 Å². The number of aliphatic hydroxyl groups is 2. The minimum atomic E-state index is -1.59. The van der Waals surface area contributed by atoms with Crippen molar-refractivity contribution in [3.63, 3.8) is 0 Å². The Morgan fingerprint density at radius 2 is 1.83 bits per heavy atom. The molecule has 0 spiro atoms. The zero-order valence-electron chi connectivity index (χ0n) is 26.7. The van der Waals surface area contributed by atoms with E-state index in [-0.39, 0.29) is 44.3 Å². The number of hydrazine groups is 1. The highest BCUT2D eigenvalue weighted by atomic mass is 35.5. The molecule has 3 aromatic rings. The van der Waals surface area contributed by atoms with Crippen molar-refractivity contribution in [3.8, 4) is 5.75 Å². The maximum Gasteiger partial charge on any atom is 0.258 e. The topological polar surface area (TPSA) is 168 Å². The molecule has 2 fully saturated rings. The Morgan fingerprint density at radius 1 is 1.08 bits per heavy atom. The fourth-order valence-corrected chi connectivity index (χ4v) is 6.38. The van der Waals surface area contributed by atoms with Gasteiger partial charge >= 0.3 is 0 Å². The lowest BCUT2D eigenvalue weighted by atomic mass is 9.99. The molecule has 3 aliphatic rings. The van der Waals surface area contributed by atoms with Crippen LogP contribution in [0.2, 0.25) is 5.02 Å². The van der Waals surface area contributed by atoms with Crippen LogP contribution in [0.3, 0.4) is 0 Å². The molecule has 0 bridgehead atoms. The fraction of sp³-hybridized carbons (Fsp3) is 0.353. The number of amides is 3. The number of β-amino-alcohol motifs (C(OH)–C–C–N with tert-alkyl or cyclic N) is 1. The standard InChI is InChI=1S/C34H38ClN7O6/c1-19-39-40-31-26(38-29(20-7-9-22(35)10-8-20)25-16-24(48-3)11-12-27(25)42(19)31)17-28(43)36-13-14-37-32(45)21-5-4-6-23(15-21)41-18-34(2,47)30(44)33(41)46/h4-12,15-16,19,26,30-31,39-40,44,47H,13-14,17-18H2,1-3H3,(H,36,43)(H,37,45). The number of carbonyl (C=O) groups excluding carboxylic acids is 3. The van der Waals surface area contributed by atoms with E-state index in [9.17, 15) is 24.6 Å². The summed E-state index contributed by atoms with van der Waals surface area (Å²) < 4.78 is 5.54. The summed E-state index contributed by atoms with van der Waals surface area (Å²) in [4.78, 5) is 47.2. The van der Waals surface area contributed by atoms with Crippen LogP contribution in [-0.4, -0.2) is 90.5 Å². The van der Waals surface area contributed by atoms with Crippen molar-refractivity contribution in [2.24, 2.45) is 4.99 Å². The van der Waals surface area contributed by atoms with Crippen LogP contribution in [0.4, 0.5) is 11.4 Å². The van der Waals surface area contributed by atoms with Crippen molar-refractivity contribution in [2.75, 3.05) is 36.5 Å². The molecule has 3 amide bonds. The monoisotopic (exact) mass is 675 g/mol. The summed E-state index contributed by atoms with van der Waals surface area (Å²) in [6, 6.07) is 19.1. The van der Waals surface area contributed by atoms with E-state index in [0.717, 1.165) is 16.8 Å². The molecular formula is C34H38ClN7O6. The number of hydrogen-bond donors (Lipinski definition) is 6. The van der Waals surface area contributed by atoms with E-state index in [1.807, 2.05) is 37.3 Å². The summed E-state index contributed by atoms with van der Waals surface area (Å²) in [5, 5.41) is 26.6. The molecule has 2 saturated heterocycles. The van der Waals surface area contributed by atoms with E-state index in [1.165, 1.54) is 17.9 Å². The summed E-state index contributed by atoms with van der Waals surface area (Å²) in [6.07, 6.45) is -1.90. The van der Waals surface area contributed by atoms with E-state index >= 15 is 0 Å². The number of fused-ring (bicyclic) bond motifs is 3. The van der Waals surface area contributed by atoms with Gasteiger partial charge in [-0.15, -0.1) is 0 Å². The number of aliphatic imine (C=N–C) groups is 1. The van der Waals surface area contributed by atoms with Crippen molar-refractivity contribution in [2.45, 2.75) is 50.3 Å². The van der Waals surface area contributed by atoms with Crippen molar-refractivity contribution in [1.29, 1.82) is 0 Å². The first-order chi connectivity index (χ1) is 23.0. The lowest BCUT2D eigenvalue weighted by Crippen LogP contribution is -2.48.